The van der Waals surface area contributed by atoms with Crippen LogP contribution in [0.1, 0.15) is 34.5 Å². The Morgan fingerprint density at radius 3 is 2.29 bits per heavy atom. The Balaban J connectivity index is 1.39. The number of rotatable bonds is 9. The molecule has 11 nitrogen and oxygen atoms in total. The summed E-state index contributed by atoms with van der Waals surface area (Å²) in [6, 6.07) is 11.3. The molecular weight excluding hydrogens is 543 g/mol. The number of benzene rings is 2. The normalized spacial score (nSPS) is 15.3. The van der Waals surface area contributed by atoms with Crippen LogP contribution in [0.5, 0.6) is 0 Å². The molecule has 0 spiro atoms. The average molecular weight is 579 g/mol. The van der Waals surface area contributed by atoms with E-state index in [0.29, 0.717) is 54.8 Å². The van der Waals surface area contributed by atoms with Crippen LogP contribution in [0, 0.1) is 11.7 Å². The highest BCUT2D eigenvalue weighted by Gasteiger charge is 2.35. The van der Waals surface area contributed by atoms with E-state index in [1.54, 1.807) is 40.1 Å². The van der Waals surface area contributed by atoms with Crippen molar-refractivity contribution in [1.29, 1.82) is 0 Å². The first-order valence-electron chi connectivity index (χ1n) is 14.1. The molecule has 0 atom stereocenters. The zero-order chi connectivity index (χ0) is 30.0. The van der Waals surface area contributed by atoms with E-state index in [1.807, 2.05) is 19.0 Å². The van der Waals surface area contributed by atoms with Gasteiger partial charge in [-0.1, -0.05) is 24.3 Å². The summed E-state index contributed by atoms with van der Waals surface area (Å²) in [6.45, 7) is 1.95. The summed E-state index contributed by atoms with van der Waals surface area (Å²) >= 11 is 0. The van der Waals surface area contributed by atoms with E-state index >= 15 is 0 Å². The third kappa shape index (κ3) is 6.43. The summed E-state index contributed by atoms with van der Waals surface area (Å²) < 4.78 is 16.1. The standard InChI is InChI=1S/C30H35FN6O5/c1-33(2)11-12-36(30(41)42)19-37-29(40)23-6-4-3-5-22(23)26(32-37)18-20-7-10-25(31)24(17-20)28(39)35-15-13-34(14-16-35)27(38)21-8-9-21/h3-7,10,17,21H,8-9,11-16,18-19H2,1-2H3,(H,41,42). The molecule has 1 saturated carbocycles. The number of carbonyl (C=O) groups excluding carboxylic acids is 2. The van der Waals surface area contributed by atoms with Crippen molar-refractivity contribution in [3.05, 3.63) is 75.5 Å². The summed E-state index contributed by atoms with van der Waals surface area (Å²) in [5.74, 6) is -0.819. The minimum Gasteiger partial charge on any atom is -0.465 e. The van der Waals surface area contributed by atoms with Gasteiger partial charge in [0.05, 0.1) is 16.6 Å². The van der Waals surface area contributed by atoms with Gasteiger partial charge in [-0.25, -0.2) is 13.9 Å². The van der Waals surface area contributed by atoms with Gasteiger partial charge < -0.3 is 19.8 Å². The van der Waals surface area contributed by atoms with Crippen molar-refractivity contribution >= 4 is 28.7 Å². The van der Waals surface area contributed by atoms with Crippen molar-refractivity contribution in [2.75, 3.05) is 53.4 Å². The fourth-order valence-corrected chi connectivity index (χ4v) is 5.17. The maximum absolute atomic E-state index is 14.9. The molecule has 2 fully saturated rings. The van der Waals surface area contributed by atoms with E-state index in [9.17, 15) is 28.7 Å². The molecule has 1 N–H and O–H groups in total. The predicted molar refractivity (Wildman–Crippen MR) is 154 cm³/mol. The van der Waals surface area contributed by atoms with E-state index in [4.69, 9.17) is 0 Å². The molecule has 3 aromatic rings. The summed E-state index contributed by atoms with van der Waals surface area (Å²) in [7, 11) is 3.66. The Morgan fingerprint density at radius 1 is 0.976 bits per heavy atom. The SMILES string of the molecule is CN(C)CCN(Cn1nc(Cc2ccc(F)c(C(=O)N3CCN(C(=O)C4CC4)CC3)c2)c2ccccc2c1=O)C(=O)O. The van der Waals surface area contributed by atoms with Gasteiger partial charge in [-0.15, -0.1) is 0 Å². The van der Waals surface area contributed by atoms with Crippen molar-refractivity contribution in [2.45, 2.75) is 25.9 Å². The molecule has 42 heavy (non-hydrogen) atoms. The molecule has 3 amide bonds. The number of hydrogen-bond acceptors (Lipinski definition) is 6. The van der Waals surface area contributed by atoms with Gasteiger partial charge in [0.1, 0.15) is 12.5 Å². The summed E-state index contributed by atoms with van der Waals surface area (Å²) in [4.78, 5) is 57.1. The number of aromatic nitrogens is 2. The van der Waals surface area contributed by atoms with Gasteiger partial charge in [0, 0.05) is 57.0 Å². The van der Waals surface area contributed by atoms with Crippen molar-refractivity contribution < 1.29 is 23.9 Å². The highest BCUT2D eigenvalue weighted by Crippen LogP contribution is 2.31. The fourth-order valence-electron chi connectivity index (χ4n) is 5.17. The number of piperazine rings is 1. The molecule has 1 saturated heterocycles. The number of likely N-dealkylation sites (N-methyl/N-ethyl adjacent to an activating group) is 1. The third-order valence-corrected chi connectivity index (χ3v) is 7.77. The molecule has 5 rings (SSSR count). The Labute approximate surface area is 242 Å². The zero-order valence-corrected chi connectivity index (χ0v) is 23.8. The summed E-state index contributed by atoms with van der Waals surface area (Å²) in [6.07, 6.45) is 0.868. The van der Waals surface area contributed by atoms with Crippen LogP contribution >= 0.6 is 0 Å². The fraction of sp³-hybridized carbons (Fsp3) is 0.433. The Morgan fingerprint density at radius 2 is 1.64 bits per heavy atom. The lowest BCUT2D eigenvalue weighted by molar-refractivity contribution is -0.134. The second kappa shape index (κ2) is 12.3. The number of fused-ring (bicyclic) bond motifs is 1. The maximum Gasteiger partial charge on any atom is 0.408 e. The van der Waals surface area contributed by atoms with E-state index in [1.165, 1.54) is 12.1 Å². The van der Waals surface area contributed by atoms with Crippen LogP contribution < -0.4 is 5.56 Å². The first kappa shape index (κ1) is 29.2. The van der Waals surface area contributed by atoms with Crippen LogP contribution in [0.4, 0.5) is 9.18 Å². The van der Waals surface area contributed by atoms with Gasteiger partial charge in [0.15, 0.2) is 0 Å². The van der Waals surface area contributed by atoms with Crippen LogP contribution in [-0.2, 0) is 17.9 Å². The van der Waals surface area contributed by atoms with Gasteiger partial charge in [-0.2, -0.15) is 5.10 Å². The lowest BCUT2D eigenvalue weighted by Crippen LogP contribution is -2.51. The molecule has 1 aliphatic heterocycles. The molecule has 12 heteroatoms. The predicted octanol–water partition coefficient (Wildman–Crippen LogP) is 2.32. The molecule has 2 aromatic carbocycles. The summed E-state index contributed by atoms with van der Waals surface area (Å²) in [5.41, 5.74) is 0.640. The summed E-state index contributed by atoms with van der Waals surface area (Å²) in [5, 5.41) is 15.2. The van der Waals surface area contributed by atoms with Crippen molar-refractivity contribution in [3.63, 3.8) is 0 Å². The van der Waals surface area contributed by atoms with E-state index in [0.717, 1.165) is 22.4 Å². The lowest BCUT2D eigenvalue weighted by Gasteiger charge is -2.35. The molecule has 0 radical (unpaired) electrons. The second-order valence-electron chi connectivity index (χ2n) is 11.2. The quantitative estimate of drug-likeness (QED) is 0.414. The van der Waals surface area contributed by atoms with Crippen molar-refractivity contribution in [1.82, 2.24) is 29.4 Å². The first-order valence-corrected chi connectivity index (χ1v) is 14.1. The lowest BCUT2D eigenvalue weighted by atomic mass is 10.0. The first-order chi connectivity index (χ1) is 20.1. The van der Waals surface area contributed by atoms with Crippen molar-refractivity contribution in [2.24, 2.45) is 5.92 Å². The Kier molecular flexibility index (Phi) is 8.53. The minimum absolute atomic E-state index is 0.0622. The van der Waals surface area contributed by atoms with Crippen LogP contribution in [-0.4, -0.2) is 106 Å². The molecule has 0 bridgehead atoms. The highest BCUT2D eigenvalue weighted by atomic mass is 19.1. The number of halogens is 1. The Hall–Kier alpha value is -4.32. The number of amides is 3. The largest absolute Gasteiger partial charge is 0.465 e. The number of carbonyl (C=O) groups is 3. The Bertz CT molecular complexity index is 1560. The topological polar surface area (TPSA) is 119 Å². The molecule has 2 heterocycles. The van der Waals surface area contributed by atoms with Gasteiger partial charge in [-0.3, -0.25) is 19.3 Å². The number of carboxylic acid groups (broad SMARTS) is 1. The smallest absolute Gasteiger partial charge is 0.408 e. The third-order valence-electron chi connectivity index (χ3n) is 7.77. The van der Waals surface area contributed by atoms with E-state index < -0.39 is 23.4 Å². The van der Waals surface area contributed by atoms with Gasteiger partial charge >= 0.3 is 6.09 Å². The van der Waals surface area contributed by atoms with Crippen LogP contribution in [0.3, 0.4) is 0 Å². The van der Waals surface area contributed by atoms with Gasteiger partial charge in [0.2, 0.25) is 5.91 Å². The van der Waals surface area contributed by atoms with E-state index in [2.05, 4.69) is 5.10 Å². The molecule has 222 valence electrons. The van der Waals surface area contributed by atoms with Crippen molar-refractivity contribution in [3.8, 4) is 0 Å². The number of nitrogens with zero attached hydrogens (tertiary/aromatic N) is 6. The average Bonchev–Trinajstić information content (AvgIpc) is 3.83. The van der Waals surface area contributed by atoms with E-state index in [-0.39, 0.29) is 37.0 Å². The van der Waals surface area contributed by atoms with Gasteiger partial charge in [0.25, 0.3) is 11.5 Å². The molecule has 2 aliphatic rings. The van der Waals surface area contributed by atoms with Crippen LogP contribution in [0.2, 0.25) is 0 Å². The molecule has 1 aliphatic carbocycles. The molecule has 1 aromatic heterocycles. The maximum atomic E-state index is 14.9. The molecule has 0 unspecified atom stereocenters. The minimum atomic E-state index is -1.17. The van der Waals surface area contributed by atoms with Gasteiger partial charge in [-0.05, 0) is 50.7 Å². The zero-order valence-electron chi connectivity index (χ0n) is 23.8. The van der Waals surface area contributed by atoms with Crippen LogP contribution in [0.15, 0.2) is 47.3 Å². The highest BCUT2D eigenvalue weighted by molar-refractivity contribution is 5.95. The van der Waals surface area contributed by atoms with Crippen LogP contribution in [0.25, 0.3) is 10.8 Å². The monoisotopic (exact) mass is 578 g/mol. The second-order valence-corrected chi connectivity index (χ2v) is 11.2. The number of hydrogen-bond donors (Lipinski definition) is 1. The molecular formula is C30H35FN6O5.